The maximum Gasteiger partial charge on any atom is 0.249 e. The van der Waals surface area contributed by atoms with E-state index in [0.29, 0.717) is 30.3 Å². The smallest absolute Gasteiger partial charge is 0.249 e. The molecule has 2 aliphatic rings. The van der Waals surface area contributed by atoms with Crippen LogP contribution in [0.3, 0.4) is 0 Å². The second-order valence-corrected chi connectivity index (χ2v) is 12.7. The molecule has 8 nitrogen and oxygen atoms in total. The van der Waals surface area contributed by atoms with Gasteiger partial charge in [-0.15, -0.1) is 0 Å². The first-order valence-corrected chi connectivity index (χ1v) is 15.4. The van der Waals surface area contributed by atoms with Crippen molar-refractivity contribution in [2.45, 2.75) is 51.5 Å². The van der Waals surface area contributed by atoms with Crippen LogP contribution in [0, 0.1) is 11.8 Å². The first-order valence-electron chi connectivity index (χ1n) is 15.0. The molecule has 0 unspecified atom stereocenters. The molecule has 224 valence electrons. The third-order valence-electron chi connectivity index (χ3n) is 8.74. The Balaban J connectivity index is 1.35. The number of carbonyl (C=O) groups is 3. The summed E-state index contributed by atoms with van der Waals surface area (Å²) >= 11 is 6.37. The van der Waals surface area contributed by atoms with Crippen LogP contribution in [0.25, 0.3) is 10.9 Å². The highest BCUT2D eigenvalue weighted by Crippen LogP contribution is 2.33. The summed E-state index contributed by atoms with van der Waals surface area (Å²) in [6.07, 6.45) is 6.11. The number of hydrogen-bond donors (Lipinski definition) is 2. The number of amides is 3. The molecule has 0 aliphatic carbocycles. The van der Waals surface area contributed by atoms with Gasteiger partial charge in [0.25, 0.3) is 0 Å². The van der Waals surface area contributed by atoms with Crippen LogP contribution in [-0.4, -0.2) is 78.8 Å². The third kappa shape index (κ3) is 7.16. The lowest BCUT2D eigenvalue weighted by Gasteiger charge is -2.37. The van der Waals surface area contributed by atoms with Crippen LogP contribution < -0.4 is 10.2 Å². The van der Waals surface area contributed by atoms with E-state index in [2.05, 4.69) is 15.2 Å². The van der Waals surface area contributed by atoms with E-state index in [9.17, 15) is 14.4 Å². The summed E-state index contributed by atoms with van der Waals surface area (Å²) in [6, 6.07) is 13.0. The predicted molar refractivity (Wildman–Crippen MR) is 168 cm³/mol. The fraction of sp³-hybridized carbons (Fsp3) is 0.485. The zero-order chi connectivity index (χ0) is 29.8. The van der Waals surface area contributed by atoms with Crippen molar-refractivity contribution < 1.29 is 14.4 Å². The fourth-order valence-corrected chi connectivity index (χ4v) is 6.80. The highest BCUT2D eigenvalue weighted by molar-refractivity contribution is 6.30. The first-order chi connectivity index (χ1) is 20.2. The Kier molecular flexibility index (Phi) is 9.53. The van der Waals surface area contributed by atoms with Crippen molar-refractivity contribution in [1.29, 1.82) is 0 Å². The van der Waals surface area contributed by atoms with Gasteiger partial charge in [0, 0.05) is 73.8 Å². The van der Waals surface area contributed by atoms with Crippen LogP contribution in [-0.2, 0) is 27.2 Å². The summed E-state index contributed by atoms with van der Waals surface area (Å²) in [5, 5.41) is 4.85. The molecule has 0 saturated carbocycles. The number of likely N-dealkylation sites (tertiary alicyclic amines) is 1. The molecular weight excluding hydrogens is 550 g/mol. The maximum absolute atomic E-state index is 14.4. The molecule has 0 bridgehead atoms. The number of aromatic nitrogens is 1. The Labute approximate surface area is 253 Å². The van der Waals surface area contributed by atoms with Gasteiger partial charge in [-0.1, -0.05) is 29.8 Å². The number of para-hydroxylation sites is 1. The van der Waals surface area contributed by atoms with Crippen molar-refractivity contribution in [1.82, 2.24) is 20.1 Å². The first kappa shape index (κ1) is 30.1. The molecule has 1 saturated heterocycles. The standard InChI is InChI=1S/C33H42ClN5O3/c1-22(40)38-14-12-23(13-15-38)8-11-32(41)36-30(18-26-19-35-29-7-5-4-6-28(26)29)33(42)39-21-24(20-37(2)3)16-25-17-27(34)9-10-31(25)39/h4-7,9-10,17,19,23-24,30,35H,8,11-16,18,20-21H2,1-3H3,(H,36,41)/t24-,30-/m1/s1. The number of hydrogen-bond acceptors (Lipinski definition) is 4. The van der Waals surface area contributed by atoms with E-state index in [1.165, 1.54) is 0 Å². The van der Waals surface area contributed by atoms with Crippen molar-refractivity contribution in [3.05, 3.63) is 64.8 Å². The molecule has 5 rings (SSSR count). The summed E-state index contributed by atoms with van der Waals surface area (Å²) in [4.78, 5) is 48.6. The van der Waals surface area contributed by atoms with Crippen LogP contribution >= 0.6 is 11.6 Å². The zero-order valence-corrected chi connectivity index (χ0v) is 25.6. The van der Waals surface area contributed by atoms with E-state index in [-0.39, 0.29) is 23.6 Å². The molecule has 3 aromatic rings. The predicted octanol–water partition coefficient (Wildman–Crippen LogP) is 4.65. The number of fused-ring (bicyclic) bond motifs is 2. The van der Waals surface area contributed by atoms with E-state index < -0.39 is 6.04 Å². The number of piperidine rings is 1. The SMILES string of the molecule is CC(=O)N1CCC(CCC(=O)N[C@H](Cc2c[nH]c3ccccc23)C(=O)N2C[C@@H](CN(C)C)Cc3cc(Cl)ccc32)CC1. The molecule has 1 aromatic heterocycles. The summed E-state index contributed by atoms with van der Waals surface area (Å²) in [6.45, 7) is 4.53. The van der Waals surface area contributed by atoms with Crippen molar-refractivity contribution in [2.75, 3.05) is 45.2 Å². The lowest BCUT2D eigenvalue weighted by molar-refractivity contribution is -0.130. The fourth-order valence-electron chi connectivity index (χ4n) is 6.61. The second-order valence-electron chi connectivity index (χ2n) is 12.2. The molecular formula is C33H42ClN5O3. The number of nitrogens with zero attached hydrogens (tertiary/aromatic N) is 3. The molecule has 1 fully saturated rings. The normalized spacial score (nSPS) is 18.3. The van der Waals surface area contributed by atoms with Gasteiger partial charge in [0.05, 0.1) is 0 Å². The number of rotatable bonds is 9. The van der Waals surface area contributed by atoms with E-state index in [0.717, 1.165) is 73.0 Å². The average Bonchev–Trinajstić information content (AvgIpc) is 3.37. The van der Waals surface area contributed by atoms with Crippen LogP contribution in [0.5, 0.6) is 0 Å². The molecule has 2 atom stereocenters. The Bertz CT molecular complexity index is 1430. The number of anilines is 1. The number of carbonyl (C=O) groups excluding carboxylic acids is 3. The third-order valence-corrected chi connectivity index (χ3v) is 8.98. The van der Waals surface area contributed by atoms with Gasteiger partial charge in [-0.05, 0) is 87.0 Å². The van der Waals surface area contributed by atoms with Crippen LogP contribution in [0.2, 0.25) is 5.02 Å². The molecule has 2 aliphatic heterocycles. The van der Waals surface area contributed by atoms with Gasteiger partial charge < -0.3 is 25.0 Å². The summed E-state index contributed by atoms with van der Waals surface area (Å²) in [7, 11) is 4.09. The minimum atomic E-state index is -0.710. The zero-order valence-electron chi connectivity index (χ0n) is 24.9. The molecule has 0 spiro atoms. The largest absolute Gasteiger partial charge is 0.361 e. The van der Waals surface area contributed by atoms with Gasteiger partial charge in [-0.3, -0.25) is 14.4 Å². The second kappa shape index (κ2) is 13.3. The topological polar surface area (TPSA) is 88.8 Å². The van der Waals surface area contributed by atoms with E-state index in [1.807, 2.05) is 72.6 Å². The minimum Gasteiger partial charge on any atom is -0.361 e. The number of H-pyrrole nitrogens is 1. The maximum atomic E-state index is 14.4. The van der Waals surface area contributed by atoms with Gasteiger partial charge >= 0.3 is 0 Å². The lowest BCUT2D eigenvalue weighted by atomic mass is 9.90. The molecule has 3 heterocycles. The quantitative estimate of drug-likeness (QED) is 0.379. The minimum absolute atomic E-state index is 0.101. The highest BCUT2D eigenvalue weighted by atomic mass is 35.5. The number of aromatic amines is 1. The van der Waals surface area contributed by atoms with Gasteiger partial charge in [0.1, 0.15) is 6.04 Å². The average molecular weight is 592 g/mol. The van der Waals surface area contributed by atoms with Crippen molar-refractivity contribution in [3.8, 4) is 0 Å². The van der Waals surface area contributed by atoms with Crippen LogP contribution in [0.1, 0.15) is 43.7 Å². The van der Waals surface area contributed by atoms with E-state index in [1.54, 1.807) is 6.92 Å². The Morgan fingerprint density at radius 3 is 2.60 bits per heavy atom. The monoisotopic (exact) mass is 591 g/mol. The van der Waals surface area contributed by atoms with Gasteiger partial charge in [-0.2, -0.15) is 0 Å². The summed E-state index contributed by atoms with van der Waals surface area (Å²) in [5.41, 5.74) is 3.93. The molecule has 9 heteroatoms. The molecule has 42 heavy (non-hydrogen) atoms. The Hall–Kier alpha value is -3.36. The van der Waals surface area contributed by atoms with E-state index in [4.69, 9.17) is 11.6 Å². The molecule has 0 radical (unpaired) electrons. The Morgan fingerprint density at radius 1 is 1.10 bits per heavy atom. The number of nitrogens with one attached hydrogen (secondary N) is 2. The lowest BCUT2D eigenvalue weighted by Crippen LogP contribution is -2.53. The van der Waals surface area contributed by atoms with Crippen molar-refractivity contribution in [2.24, 2.45) is 11.8 Å². The summed E-state index contributed by atoms with van der Waals surface area (Å²) in [5.74, 6) is 0.551. The molecule has 2 aromatic carbocycles. The van der Waals surface area contributed by atoms with E-state index >= 15 is 0 Å². The number of halogens is 1. The number of benzene rings is 2. The van der Waals surface area contributed by atoms with Gasteiger partial charge in [0.15, 0.2) is 0 Å². The van der Waals surface area contributed by atoms with Gasteiger partial charge in [-0.25, -0.2) is 0 Å². The van der Waals surface area contributed by atoms with Gasteiger partial charge in [0.2, 0.25) is 17.7 Å². The van der Waals surface area contributed by atoms with Crippen LogP contribution in [0.15, 0.2) is 48.7 Å². The van der Waals surface area contributed by atoms with Crippen molar-refractivity contribution >= 4 is 45.9 Å². The summed E-state index contributed by atoms with van der Waals surface area (Å²) < 4.78 is 0. The highest BCUT2D eigenvalue weighted by Gasteiger charge is 2.34. The Morgan fingerprint density at radius 2 is 1.86 bits per heavy atom. The molecule has 2 N–H and O–H groups in total. The van der Waals surface area contributed by atoms with Crippen molar-refractivity contribution in [3.63, 3.8) is 0 Å². The molecule has 3 amide bonds. The van der Waals surface area contributed by atoms with Crippen LogP contribution in [0.4, 0.5) is 5.69 Å².